The molecule has 1 aromatic rings. The summed E-state index contributed by atoms with van der Waals surface area (Å²) in [7, 11) is -4.43. The van der Waals surface area contributed by atoms with Crippen molar-refractivity contribution in [2.24, 2.45) is 0 Å². The van der Waals surface area contributed by atoms with Crippen molar-refractivity contribution < 1.29 is 17.2 Å². The molecule has 0 unspecified atom stereocenters. The van der Waals surface area contributed by atoms with E-state index in [1.807, 2.05) is 0 Å². The monoisotopic (exact) mass is 187 g/mol. The van der Waals surface area contributed by atoms with Crippen molar-refractivity contribution >= 4 is 10.4 Å². The number of hydrogen-bond donors (Lipinski definition) is 1. The van der Waals surface area contributed by atoms with Gasteiger partial charge >= 0.3 is 10.4 Å². The Morgan fingerprint density at radius 2 is 2.25 bits per heavy atom. The van der Waals surface area contributed by atoms with Crippen LogP contribution in [0.2, 0.25) is 0 Å². The summed E-state index contributed by atoms with van der Waals surface area (Å²) in [4.78, 5) is 0. The van der Waals surface area contributed by atoms with Crippen LogP contribution in [-0.2, 0) is 10.4 Å². The van der Waals surface area contributed by atoms with E-state index >= 15 is 0 Å². The largest absolute Gasteiger partial charge is 0.446 e. The fraction of sp³-hybridized carbons (Fsp3) is 0.143. The highest BCUT2D eigenvalue weighted by Crippen LogP contribution is 2.12. The van der Waals surface area contributed by atoms with Gasteiger partial charge < -0.3 is 4.18 Å². The zero-order chi connectivity index (χ0) is 9.19. The zero-order valence-corrected chi connectivity index (χ0v) is 7.13. The van der Waals surface area contributed by atoms with Gasteiger partial charge in [-0.15, -0.1) is 0 Å². The molecule has 0 aliphatic rings. The van der Waals surface area contributed by atoms with Crippen molar-refractivity contribution in [3.05, 3.63) is 29.8 Å². The van der Waals surface area contributed by atoms with Gasteiger partial charge in [0.25, 0.3) is 0 Å². The third kappa shape index (κ3) is 2.89. The molecule has 12 heavy (non-hydrogen) atoms. The lowest BCUT2D eigenvalue weighted by Crippen LogP contribution is -2.06. The van der Waals surface area contributed by atoms with Gasteiger partial charge in [0.15, 0.2) is 5.75 Å². The number of benzene rings is 1. The van der Waals surface area contributed by atoms with Gasteiger partial charge in [0.2, 0.25) is 0 Å². The zero-order valence-electron chi connectivity index (χ0n) is 6.31. The van der Waals surface area contributed by atoms with Gasteiger partial charge in [-0.25, -0.2) is 0 Å². The molecule has 1 radical (unpaired) electrons. The average molecular weight is 187 g/mol. The van der Waals surface area contributed by atoms with Gasteiger partial charge in [0, 0.05) is 6.07 Å². The van der Waals surface area contributed by atoms with Gasteiger partial charge in [-0.2, -0.15) is 8.42 Å². The summed E-state index contributed by atoms with van der Waals surface area (Å²) in [5, 5.41) is 0. The first-order valence-corrected chi connectivity index (χ1v) is 4.49. The lowest BCUT2D eigenvalue weighted by molar-refractivity contribution is 0.386. The molecule has 0 amide bonds. The van der Waals surface area contributed by atoms with Gasteiger partial charge in [-0.05, 0) is 18.6 Å². The van der Waals surface area contributed by atoms with E-state index in [0.29, 0.717) is 0 Å². The van der Waals surface area contributed by atoms with Crippen LogP contribution >= 0.6 is 0 Å². The molecule has 0 saturated heterocycles. The second-order valence-electron chi connectivity index (χ2n) is 2.24. The summed E-state index contributed by atoms with van der Waals surface area (Å²) in [6, 6.07) is 7.20. The summed E-state index contributed by atoms with van der Waals surface area (Å²) in [6.45, 7) is 1.77. The van der Waals surface area contributed by atoms with Crippen molar-refractivity contribution in [3.8, 4) is 5.75 Å². The molecule has 0 saturated carbocycles. The molecule has 5 heteroatoms. The second kappa shape index (κ2) is 3.12. The van der Waals surface area contributed by atoms with Crippen LogP contribution in [-0.4, -0.2) is 13.0 Å². The fourth-order valence-electron chi connectivity index (χ4n) is 0.713. The smallest absolute Gasteiger partial charge is 0.361 e. The number of rotatable bonds is 2. The van der Waals surface area contributed by atoms with Gasteiger partial charge in [0.05, 0.1) is 0 Å². The minimum atomic E-state index is -4.43. The number of aryl methyl sites for hydroxylation is 1. The van der Waals surface area contributed by atoms with E-state index in [9.17, 15) is 8.42 Å². The van der Waals surface area contributed by atoms with Crippen molar-refractivity contribution in [2.75, 3.05) is 0 Å². The van der Waals surface area contributed by atoms with Crippen LogP contribution in [0.5, 0.6) is 5.75 Å². The summed E-state index contributed by atoms with van der Waals surface area (Å²) in [5.41, 5.74) is 0.826. The van der Waals surface area contributed by atoms with E-state index in [1.165, 1.54) is 12.1 Å². The Balaban J connectivity index is 2.91. The first kappa shape index (κ1) is 9.02. The molecule has 65 valence electrons. The van der Waals surface area contributed by atoms with E-state index in [0.717, 1.165) is 5.56 Å². The van der Waals surface area contributed by atoms with Crippen LogP contribution in [0.15, 0.2) is 18.2 Å². The van der Waals surface area contributed by atoms with Crippen LogP contribution in [0, 0.1) is 13.0 Å². The minimum Gasteiger partial charge on any atom is -0.361 e. The molecule has 0 heterocycles. The van der Waals surface area contributed by atoms with Gasteiger partial charge in [-0.1, -0.05) is 12.1 Å². The molecule has 0 bridgehead atoms. The molecule has 1 N–H and O–H groups in total. The van der Waals surface area contributed by atoms with Crippen molar-refractivity contribution in [3.63, 3.8) is 0 Å². The Hall–Kier alpha value is -1.07. The van der Waals surface area contributed by atoms with Crippen LogP contribution < -0.4 is 4.18 Å². The molecule has 1 rings (SSSR count). The highest BCUT2D eigenvalue weighted by atomic mass is 32.3. The molecule has 0 spiro atoms. The lowest BCUT2D eigenvalue weighted by Gasteiger charge is -2.00. The molecule has 0 fully saturated rings. The predicted molar refractivity (Wildman–Crippen MR) is 42.2 cm³/mol. The van der Waals surface area contributed by atoms with Gasteiger partial charge in [-0.3, -0.25) is 4.55 Å². The highest BCUT2D eigenvalue weighted by Gasteiger charge is 2.05. The highest BCUT2D eigenvalue weighted by molar-refractivity contribution is 7.81. The Bertz CT molecular complexity index is 369. The Labute approximate surface area is 70.7 Å². The molecular weight excluding hydrogens is 180 g/mol. The van der Waals surface area contributed by atoms with Crippen molar-refractivity contribution in [1.29, 1.82) is 0 Å². The topological polar surface area (TPSA) is 63.6 Å². The Morgan fingerprint density at radius 3 is 2.75 bits per heavy atom. The minimum absolute atomic E-state index is 0.0162. The maximum Gasteiger partial charge on any atom is 0.446 e. The van der Waals surface area contributed by atoms with E-state index in [1.54, 1.807) is 13.0 Å². The maximum absolute atomic E-state index is 10.2. The molecule has 0 aliphatic heterocycles. The third-order valence-corrected chi connectivity index (χ3v) is 1.52. The van der Waals surface area contributed by atoms with E-state index < -0.39 is 10.4 Å². The van der Waals surface area contributed by atoms with Crippen LogP contribution in [0.25, 0.3) is 0 Å². The molecule has 1 aromatic carbocycles. The average Bonchev–Trinajstić information content (AvgIpc) is 1.82. The van der Waals surface area contributed by atoms with E-state index in [4.69, 9.17) is 4.55 Å². The normalized spacial score (nSPS) is 11.2. The van der Waals surface area contributed by atoms with Crippen molar-refractivity contribution in [1.82, 2.24) is 0 Å². The fourth-order valence-corrected chi connectivity index (χ4v) is 1.04. The SMILES string of the molecule is Cc1cc[c]c(OS(=O)(=O)O)c1. The van der Waals surface area contributed by atoms with Crippen LogP contribution in [0.1, 0.15) is 5.56 Å². The summed E-state index contributed by atoms with van der Waals surface area (Å²) < 4.78 is 32.9. The molecule has 0 aliphatic carbocycles. The maximum atomic E-state index is 10.2. The summed E-state index contributed by atoms with van der Waals surface area (Å²) in [5.74, 6) is -0.0162. The Kier molecular flexibility index (Phi) is 2.35. The van der Waals surface area contributed by atoms with E-state index in [-0.39, 0.29) is 5.75 Å². The molecular formula is C7H7O4S. The summed E-state index contributed by atoms with van der Waals surface area (Å²) >= 11 is 0. The first-order chi connectivity index (χ1) is 5.47. The summed E-state index contributed by atoms with van der Waals surface area (Å²) in [6.07, 6.45) is 0. The number of hydrogen-bond acceptors (Lipinski definition) is 3. The Morgan fingerprint density at radius 1 is 1.58 bits per heavy atom. The molecule has 4 nitrogen and oxygen atoms in total. The molecule has 0 atom stereocenters. The van der Waals surface area contributed by atoms with E-state index in [2.05, 4.69) is 10.2 Å². The predicted octanol–water partition coefficient (Wildman–Crippen LogP) is 0.977. The van der Waals surface area contributed by atoms with Crippen molar-refractivity contribution in [2.45, 2.75) is 6.92 Å². The van der Waals surface area contributed by atoms with Crippen LogP contribution in [0.3, 0.4) is 0 Å². The third-order valence-electron chi connectivity index (χ3n) is 1.13. The quantitative estimate of drug-likeness (QED) is 0.701. The first-order valence-electron chi connectivity index (χ1n) is 3.12. The molecule has 0 aromatic heterocycles. The lowest BCUT2D eigenvalue weighted by atomic mass is 10.2. The van der Waals surface area contributed by atoms with Gasteiger partial charge in [0.1, 0.15) is 0 Å². The standard InChI is InChI=1S/C7H7O4S/c1-6-3-2-4-7(5-6)11-12(8,9)10/h2-3,5H,1H3,(H,8,9,10). The van der Waals surface area contributed by atoms with Crippen LogP contribution in [0.4, 0.5) is 0 Å². The second-order valence-corrected chi connectivity index (χ2v) is 3.26.